The number of hydroxylamine groups is 4. The summed E-state index contributed by atoms with van der Waals surface area (Å²) in [6.07, 6.45) is 2.34. The average Bonchev–Trinajstić information content (AvgIpc) is 2.39. The van der Waals surface area contributed by atoms with Gasteiger partial charge in [0.1, 0.15) is 0 Å². The Hall–Kier alpha value is -0.730. The van der Waals surface area contributed by atoms with Crippen molar-refractivity contribution in [2.24, 2.45) is 5.73 Å². The highest BCUT2D eigenvalue weighted by Crippen LogP contribution is 2.43. The lowest BCUT2D eigenvalue weighted by molar-refractivity contribution is -0.296. The van der Waals surface area contributed by atoms with Gasteiger partial charge in [0.25, 0.3) is 0 Å². The molecule has 0 aromatic heterocycles. The second-order valence-corrected chi connectivity index (χ2v) is 11.4. The fraction of sp³-hybridized carbons (Fsp3) is 0.950. The van der Waals surface area contributed by atoms with Crippen LogP contribution in [0.15, 0.2) is 0 Å². The first kappa shape index (κ1) is 22.6. The molecule has 0 atom stereocenters. The van der Waals surface area contributed by atoms with Crippen LogP contribution in [-0.4, -0.2) is 49.8 Å². The summed E-state index contributed by atoms with van der Waals surface area (Å²) in [5.41, 5.74) is 3.61. The van der Waals surface area contributed by atoms with E-state index in [0.717, 1.165) is 10.1 Å². The zero-order valence-electron chi connectivity index (χ0n) is 18.3. The smallest absolute Gasteiger partial charge is 0.222 e. The van der Waals surface area contributed by atoms with E-state index >= 15 is 0 Å². The van der Waals surface area contributed by atoms with Crippen LogP contribution < -0.4 is 11.1 Å². The molecule has 2 rings (SSSR count). The van der Waals surface area contributed by atoms with Gasteiger partial charge in [0, 0.05) is 40.2 Å². The van der Waals surface area contributed by atoms with Crippen molar-refractivity contribution in [3.05, 3.63) is 0 Å². The maximum absolute atomic E-state index is 12.8. The molecule has 7 nitrogen and oxygen atoms in total. The molecule has 2 aliphatic rings. The molecule has 2 fully saturated rings. The molecule has 0 unspecified atom stereocenters. The number of amides is 1. The summed E-state index contributed by atoms with van der Waals surface area (Å²) < 4.78 is 0. The van der Waals surface area contributed by atoms with E-state index in [1.807, 2.05) is 55.4 Å². The van der Waals surface area contributed by atoms with Crippen molar-refractivity contribution < 1.29 is 15.2 Å². The Kier molecular flexibility index (Phi) is 5.57. The van der Waals surface area contributed by atoms with Crippen LogP contribution in [0.3, 0.4) is 0 Å². The molecule has 1 amide bonds. The maximum atomic E-state index is 12.8. The normalized spacial score (nSPS) is 30.0. The molecule has 27 heavy (non-hydrogen) atoms. The van der Waals surface area contributed by atoms with Crippen LogP contribution >= 0.6 is 0 Å². The topological polar surface area (TPSA) is 101 Å². The van der Waals surface area contributed by atoms with Crippen LogP contribution in [0.25, 0.3) is 0 Å². The molecule has 2 saturated heterocycles. The first-order valence-electron chi connectivity index (χ1n) is 9.94. The average molecular weight is 383 g/mol. The summed E-state index contributed by atoms with van der Waals surface area (Å²) in [6, 6.07) is -0.0584. The summed E-state index contributed by atoms with van der Waals surface area (Å²) in [5, 5.41) is 30.4. The first-order chi connectivity index (χ1) is 11.9. The Morgan fingerprint density at radius 2 is 1.22 bits per heavy atom. The molecule has 7 heteroatoms. The molecular weight excluding hydrogens is 344 g/mol. The Morgan fingerprint density at radius 1 is 0.852 bits per heavy atom. The number of hydrogen-bond acceptors (Lipinski definition) is 4. The van der Waals surface area contributed by atoms with Gasteiger partial charge >= 0.3 is 0 Å². The van der Waals surface area contributed by atoms with E-state index in [1.165, 1.54) is 0 Å². The fourth-order valence-corrected chi connectivity index (χ4v) is 5.84. The largest absolute Gasteiger partial charge is 0.353 e. The van der Waals surface area contributed by atoms with Crippen LogP contribution in [0.2, 0.25) is 0 Å². The van der Waals surface area contributed by atoms with Crippen LogP contribution in [0.5, 0.6) is 0 Å². The molecule has 0 bridgehead atoms. The number of carbonyl (C=O) groups excluding carboxylic acids is 1. The number of rotatable bonds is 3. The summed E-state index contributed by atoms with van der Waals surface area (Å²) >= 11 is 0. The second kappa shape index (κ2) is 6.66. The van der Waals surface area contributed by atoms with Gasteiger partial charge in [0.15, 0.2) is 0 Å². The molecule has 156 valence electrons. The van der Waals surface area contributed by atoms with Crippen LogP contribution in [0, 0.1) is 0 Å². The monoisotopic (exact) mass is 382 g/mol. The predicted molar refractivity (Wildman–Crippen MR) is 103 cm³/mol. The summed E-state index contributed by atoms with van der Waals surface area (Å²) in [4.78, 5) is 12.8. The molecule has 0 aromatic rings. The molecule has 3 N–H and O–H groups in total. The zero-order valence-corrected chi connectivity index (χ0v) is 18.3. The molecule has 2 aliphatic heterocycles. The molecular formula is C20H38N4O3. The SMILES string of the molecule is CC1(C)CC(NC(=O)CC2(N)CC(C)(C)N([O])C(C)(C)C2)CC(C)(C)N1[O]. The van der Waals surface area contributed by atoms with E-state index in [-0.39, 0.29) is 18.4 Å². The molecule has 2 radical (unpaired) electrons. The van der Waals surface area contributed by atoms with Crippen molar-refractivity contribution in [2.75, 3.05) is 0 Å². The fourth-order valence-electron chi connectivity index (χ4n) is 5.84. The van der Waals surface area contributed by atoms with Gasteiger partial charge in [-0.2, -0.15) is 0 Å². The lowest BCUT2D eigenvalue weighted by Crippen LogP contribution is -2.67. The number of nitrogens with one attached hydrogen (secondary N) is 1. The van der Waals surface area contributed by atoms with E-state index in [2.05, 4.69) is 5.32 Å². The van der Waals surface area contributed by atoms with E-state index < -0.39 is 27.7 Å². The second-order valence-electron chi connectivity index (χ2n) is 11.4. The minimum atomic E-state index is -0.720. The third-order valence-corrected chi connectivity index (χ3v) is 6.14. The van der Waals surface area contributed by atoms with Crippen molar-refractivity contribution >= 4 is 5.91 Å². The number of nitrogens with two attached hydrogens (primary N) is 1. The van der Waals surface area contributed by atoms with Crippen LogP contribution in [0.4, 0.5) is 0 Å². The van der Waals surface area contributed by atoms with Crippen molar-refractivity contribution in [2.45, 2.75) is 121 Å². The van der Waals surface area contributed by atoms with Gasteiger partial charge in [-0.25, -0.2) is 0 Å². The third-order valence-electron chi connectivity index (χ3n) is 6.14. The van der Waals surface area contributed by atoms with Gasteiger partial charge in [0.05, 0.1) is 0 Å². The molecule has 2 heterocycles. The first-order valence-corrected chi connectivity index (χ1v) is 9.94. The molecule has 0 aromatic carbocycles. The molecule has 0 spiro atoms. The number of piperidine rings is 2. The lowest BCUT2D eigenvalue weighted by atomic mass is 9.69. The Balaban J connectivity index is 2.07. The van der Waals surface area contributed by atoms with Crippen molar-refractivity contribution in [3.63, 3.8) is 0 Å². The number of nitrogens with zero attached hydrogens (tertiary/aromatic N) is 2. The molecule has 0 aliphatic carbocycles. The van der Waals surface area contributed by atoms with Gasteiger partial charge in [-0.05, 0) is 81.1 Å². The quantitative estimate of drug-likeness (QED) is 0.783. The zero-order chi connectivity index (χ0) is 21.1. The number of hydrogen-bond donors (Lipinski definition) is 2. The standard InChI is InChI=1S/C20H38N4O3/c1-16(2)9-14(10-17(3,4)23(16)26)22-15(25)11-20(21)12-18(5,6)24(27)19(7,8)13-20/h14H,9-13,21H2,1-8H3,(H,22,25). The highest BCUT2D eigenvalue weighted by atomic mass is 16.5. The van der Waals surface area contributed by atoms with Gasteiger partial charge in [-0.15, -0.1) is 20.5 Å². The van der Waals surface area contributed by atoms with E-state index in [4.69, 9.17) is 5.73 Å². The summed E-state index contributed by atoms with van der Waals surface area (Å²) in [5.74, 6) is -0.0978. The van der Waals surface area contributed by atoms with Crippen molar-refractivity contribution in [1.82, 2.24) is 15.4 Å². The Labute approximate surface area is 164 Å². The van der Waals surface area contributed by atoms with E-state index in [0.29, 0.717) is 25.7 Å². The van der Waals surface area contributed by atoms with Gasteiger partial charge in [0.2, 0.25) is 5.91 Å². The minimum absolute atomic E-state index is 0.0584. The third kappa shape index (κ3) is 4.65. The summed E-state index contributed by atoms with van der Waals surface area (Å²) in [7, 11) is 0. The predicted octanol–water partition coefficient (Wildman–Crippen LogP) is 2.56. The summed E-state index contributed by atoms with van der Waals surface area (Å²) in [6.45, 7) is 15.2. The van der Waals surface area contributed by atoms with E-state index in [1.54, 1.807) is 0 Å². The van der Waals surface area contributed by atoms with E-state index in [9.17, 15) is 15.2 Å². The van der Waals surface area contributed by atoms with Crippen molar-refractivity contribution in [1.29, 1.82) is 0 Å². The van der Waals surface area contributed by atoms with Gasteiger partial charge < -0.3 is 11.1 Å². The maximum Gasteiger partial charge on any atom is 0.222 e. The highest BCUT2D eigenvalue weighted by molar-refractivity contribution is 5.77. The van der Waals surface area contributed by atoms with Gasteiger partial charge in [-0.1, -0.05) is 0 Å². The lowest BCUT2D eigenvalue weighted by Gasteiger charge is -2.54. The highest BCUT2D eigenvalue weighted by Gasteiger charge is 2.52. The van der Waals surface area contributed by atoms with Gasteiger partial charge in [-0.3, -0.25) is 4.79 Å². The Bertz CT molecular complexity index is 550. The van der Waals surface area contributed by atoms with Crippen molar-refractivity contribution in [3.8, 4) is 0 Å². The van der Waals surface area contributed by atoms with Crippen LogP contribution in [0.1, 0.15) is 87.5 Å². The number of carbonyl (C=O) groups is 1. The Morgan fingerprint density at radius 3 is 1.63 bits per heavy atom. The minimum Gasteiger partial charge on any atom is -0.353 e. The van der Waals surface area contributed by atoms with Crippen LogP contribution in [-0.2, 0) is 15.2 Å². The molecule has 0 saturated carbocycles.